The molecule has 0 heterocycles. The highest BCUT2D eigenvalue weighted by molar-refractivity contribution is 9.10. The van der Waals surface area contributed by atoms with Crippen molar-refractivity contribution in [2.24, 2.45) is 4.99 Å². The molecule has 0 aliphatic heterocycles. The molecule has 0 bridgehead atoms. The number of methoxy groups -OCH3 is 1. The zero-order valence-electron chi connectivity index (χ0n) is 11.8. The van der Waals surface area contributed by atoms with Gasteiger partial charge in [-0.2, -0.15) is 0 Å². The fraction of sp³-hybridized carbons (Fsp3) is 0.188. The van der Waals surface area contributed by atoms with Crippen molar-refractivity contribution in [3.05, 3.63) is 46.4 Å². The van der Waals surface area contributed by atoms with Crippen LogP contribution >= 0.6 is 15.9 Å². The molecule has 1 N–H and O–H groups in total. The van der Waals surface area contributed by atoms with Gasteiger partial charge in [0.05, 0.1) is 23.9 Å². The summed E-state index contributed by atoms with van der Waals surface area (Å²) in [6.45, 7) is 2.35. The predicted octanol–water partition coefficient (Wildman–Crippen LogP) is 4.31. The first-order chi connectivity index (χ1) is 10.1. The van der Waals surface area contributed by atoms with Gasteiger partial charge in [0, 0.05) is 6.21 Å². The molecule has 5 heteroatoms. The van der Waals surface area contributed by atoms with Crippen LogP contribution in [-0.4, -0.2) is 25.0 Å². The van der Waals surface area contributed by atoms with Crippen LogP contribution in [0.4, 0.5) is 5.69 Å². The number of aliphatic imine (C=N–C) groups is 1. The van der Waals surface area contributed by atoms with Gasteiger partial charge in [-0.05, 0) is 64.8 Å². The molecular formula is C16H16BrNO3. The quantitative estimate of drug-likeness (QED) is 0.818. The van der Waals surface area contributed by atoms with E-state index in [-0.39, 0.29) is 5.75 Å². The summed E-state index contributed by atoms with van der Waals surface area (Å²) >= 11 is 3.30. The van der Waals surface area contributed by atoms with E-state index in [4.69, 9.17) is 9.47 Å². The van der Waals surface area contributed by atoms with Gasteiger partial charge in [0.2, 0.25) is 0 Å². The van der Waals surface area contributed by atoms with Gasteiger partial charge >= 0.3 is 0 Å². The number of halogens is 1. The molecule has 21 heavy (non-hydrogen) atoms. The van der Waals surface area contributed by atoms with Gasteiger partial charge in [-0.15, -0.1) is 0 Å². The lowest BCUT2D eigenvalue weighted by Gasteiger charge is -2.08. The van der Waals surface area contributed by atoms with E-state index in [2.05, 4.69) is 20.9 Å². The van der Waals surface area contributed by atoms with Crippen LogP contribution in [0.1, 0.15) is 12.5 Å². The molecular weight excluding hydrogens is 334 g/mol. The van der Waals surface area contributed by atoms with E-state index in [1.807, 2.05) is 31.2 Å². The maximum Gasteiger partial charge on any atom is 0.172 e. The highest BCUT2D eigenvalue weighted by Gasteiger charge is 2.08. The number of hydrogen-bond donors (Lipinski definition) is 1. The zero-order valence-corrected chi connectivity index (χ0v) is 13.4. The number of phenolic OH excluding ortho intramolecular Hbond substituents is 1. The molecule has 0 saturated heterocycles. The van der Waals surface area contributed by atoms with Crippen LogP contribution in [0.2, 0.25) is 0 Å². The highest BCUT2D eigenvalue weighted by Crippen LogP contribution is 2.35. The molecule has 4 nitrogen and oxygen atoms in total. The van der Waals surface area contributed by atoms with Crippen LogP contribution in [0.25, 0.3) is 0 Å². The largest absolute Gasteiger partial charge is 0.503 e. The first kappa shape index (κ1) is 15.4. The van der Waals surface area contributed by atoms with Crippen molar-refractivity contribution < 1.29 is 14.6 Å². The highest BCUT2D eigenvalue weighted by atomic mass is 79.9. The molecule has 0 spiro atoms. The van der Waals surface area contributed by atoms with Gasteiger partial charge in [-0.3, -0.25) is 4.99 Å². The molecule has 0 aliphatic carbocycles. The maximum atomic E-state index is 9.87. The minimum atomic E-state index is 0.0958. The van der Waals surface area contributed by atoms with Crippen LogP contribution in [0.3, 0.4) is 0 Å². The molecule has 0 saturated carbocycles. The predicted molar refractivity (Wildman–Crippen MR) is 87.2 cm³/mol. The van der Waals surface area contributed by atoms with Gasteiger partial charge in [0.1, 0.15) is 5.75 Å². The Morgan fingerprint density at radius 2 is 1.95 bits per heavy atom. The third-order valence-electron chi connectivity index (χ3n) is 2.79. The molecule has 2 rings (SSSR count). The monoisotopic (exact) mass is 349 g/mol. The van der Waals surface area contributed by atoms with Crippen molar-refractivity contribution >= 4 is 27.8 Å². The van der Waals surface area contributed by atoms with E-state index < -0.39 is 0 Å². The van der Waals surface area contributed by atoms with E-state index >= 15 is 0 Å². The summed E-state index contributed by atoms with van der Waals surface area (Å²) in [4.78, 5) is 4.39. The van der Waals surface area contributed by atoms with E-state index in [9.17, 15) is 5.11 Å². The van der Waals surface area contributed by atoms with Crippen molar-refractivity contribution in [3.8, 4) is 17.2 Å². The Hall–Kier alpha value is -2.01. The zero-order chi connectivity index (χ0) is 15.2. The second-order valence-corrected chi connectivity index (χ2v) is 5.09. The topological polar surface area (TPSA) is 51.0 Å². The number of hydrogen-bond acceptors (Lipinski definition) is 4. The lowest BCUT2D eigenvalue weighted by molar-refractivity contribution is 0.317. The minimum absolute atomic E-state index is 0.0958. The number of benzene rings is 2. The molecule has 2 aromatic carbocycles. The third kappa shape index (κ3) is 3.98. The molecule has 2 aromatic rings. The summed E-state index contributed by atoms with van der Waals surface area (Å²) in [7, 11) is 1.63. The van der Waals surface area contributed by atoms with Gasteiger partial charge < -0.3 is 14.6 Å². The number of aromatic hydroxyl groups is 1. The fourth-order valence-electron chi connectivity index (χ4n) is 1.75. The molecule has 0 atom stereocenters. The Balaban J connectivity index is 2.23. The molecule has 0 unspecified atom stereocenters. The van der Waals surface area contributed by atoms with Gasteiger partial charge in [0.15, 0.2) is 11.5 Å². The average molecular weight is 350 g/mol. The fourth-order valence-corrected chi connectivity index (χ4v) is 2.21. The number of ether oxygens (including phenoxy) is 2. The van der Waals surface area contributed by atoms with Crippen LogP contribution in [0.5, 0.6) is 17.2 Å². The molecule has 0 aliphatic rings. The van der Waals surface area contributed by atoms with Crippen LogP contribution in [0.15, 0.2) is 45.9 Å². The van der Waals surface area contributed by atoms with Crippen molar-refractivity contribution in [2.75, 3.05) is 13.7 Å². The molecule has 0 amide bonds. The normalized spacial score (nSPS) is 10.8. The lowest BCUT2D eigenvalue weighted by Crippen LogP contribution is -1.94. The van der Waals surface area contributed by atoms with E-state index in [1.54, 1.807) is 25.5 Å². The summed E-state index contributed by atoms with van der Waals surface area (Å²) < 4.78 is 11.1. The smallest absolute Gasteiger partial charge is 0.172 e. The molecule has 0 radical (unpaired) electrons. The van der Waals surface area contributed by atoms with E-state index in [1.165, 1.54) is 0 Å². The Morgan fingerprint density at radius 3 is 2.57 bits per heavy atom. The summed E-state index contributed by atoms with van der Waals surface area (Å²) in [5.74, 6) is 1.32. The summed E-state index contributed by atoms with van der Waals surface area (Å²) in [6, 6.07) is 11.0. The Labute approximate surface area is 132 Å². The number of rotatable bonds is 5. The second-order valence-electron chi connectivity index (χ2n) is 4.24. The lowest BCUT2D eigenvalue weighted by atomic mass is 10.2. The molecule has 0 fully saturated rings. The second kappa shape index (κ2) is 7.13. The van der Waals surface area contributed by atoms with Crippen molar-refractivity contribution in [1.29, 1.82) is 0 Å². The van der Waals surface area contributed by atoms with Crippen molar-refractivity contribution in [1.82, 2.24) is 0 Å². The van der Waals surface area contributed by atoms with Crippen LogP contribution in [0, 0.1) is 0 Å². The summed E-state index contributed by atoms with van der Waals surface area (Å²) in [5, 5.41) is 9.87. The summed E-state index contributed by atoms with van der Waals surface area (Å²) in [5.41, 5.74) is 1.65. The molecule has 0 aromatic heterocycles. The van der Waals surface area contributed by atoms with Crippen LogP contribution < -0.4 is 9.47 Å². The van der Waals surface area contributed by atoms with Crippen molar-refractivity contribution in [2.45, 2.75) is 6.92 Å². The standard InChI is InChI=1S/C16H16BrNO3/c1-3-21-15-9-11(8-14(17)16(15)19)10-18-12-4-6-13(20-2)7-5-12/h4-10,19H,3H2,1-2H3. The minimum Gasteiger partial charge on any atom is -0.503 e. The van der Waals surface area contributed by atoms with Crippen molar-refractivity contribution in [3.63, 3.8) is 0 Å². The van der Waals surface area contributed by atoms with Crippen LogP contribution in [-0.2, 0) is 0 Å². The van der Waals surface area contributed by atoms with E-state index in [0.717, 1.165) is 17.0 Å². The Morgan fingerprint density at radius 1 is 1.24 bits per heavy atom. The maximum absolute atomic E-state index is 9.87. The first-order valence-corrected chi connectivity index (χ1v) is 7.26. The van der Waals surface area contributed by atoms with Gasteiger partial charge in [-0.25, -0.2) is 0 Å². The number of phenols is 1. The Kier molecular flexibility index (Phi) is 5.22. The SMILES string of the molecule is CCOc1cc(C=Nc2ccc(OC)cc2)cc(Br)c1O. The third-order valence-corrected chi connectivity index (χ3v) is 3.39. The molecule has 110 valence electrons. The Bertz CT molecular complexity index is 639. The number of nitrogens with zero attached hydrogens (tertiary/aromatic N) is 1. The van der Waals surface area contributed by atoms with Gasteiger partial charge in [-0.1, -0.05) is 0 Å². The average Bonchev–Trinajstić information content (AvgIpc) is 2.50. The van der Waals surface area contributed by atoms with Gasteiger partial charge in [0.25, 0.3) is 0 Å². The van der Waals surface area contributed by atoms with E-state index in [0.29, 0.717) is 16.8 Å². The summed E-state index contributed by atoms with van der Waals surface area (Å²) in [6.07, 6.45) is 1.72. The first-order valence-electron chi connectivity index (χ1n) is 6.47.